The summed E-state index contributed by atoms with van der Waals surface area (Å²) in [5, 5.41) is 6.98. The quantitative estimate of drug-likeness (QED) is 0.697. The second-order valence-corrected chi connectivity index (χ2v) is 5.37. The zero-order chi connectivity index (χ0) is 10.0. The zero-order valence-electron chi connectivity index (χ0n) is 9.31. The summed E-state index contributed by atoms with van der Waals surface area (Å²) in [6.07, 6.45) is 4.03. The largest absolute Gasteiger partial charge is 0.363 e. The number of hydrogen-bond acceptors (Lipinski definition) is 3. The number of rotatable bonds is 2. The van der Waals surface area contributed by atoms with Gasteiger partial charge in [-0.2, -0.15) is 0 Å². The van der Waals surface area contributed by atoms with Crippen molar-refractivity contribution < 1.29 is 4.74 Å². The van der Waals surface area contributed by atoms with Crippen LogP contribution in [0.3, 0.4) is 0 Å². The Hall–Kier alpha value is -0.120. The van der Waals surface area contributed by atoms with Crippen molar-refractivity contribution in [2.24, 2.45) is 5.41 Å². The Balaban J connectivity index is 1.72. The van der Waals surface area contributed by atoms with Crippen molar-refractivity contribution >= 4 is 0 Å². The molecule has 2 aliphatic rings. The minimum Gasteiger partial charge on any atom is -0.363 e. The lowest BCUT2D eigenvalue weighted by atomic mass is 9.93. The van der Waals surface area contributed by atoms with E-state index in [2.05, 4.69) is 24.5 Å². The van der Waals surface area contributed by atoms with E-state index in [-0.39, 0.29) is 6.23 Å². The summed E-state index contributed by atoms with van der Waals surface area (Å²) in [6, 6.07) is 0.675. The highest BCUT2D eigenvalue weighted by Crippen LogP contribution is 2.21. The van der Waals surface area contributed by atoms with E-state index in [9.17, 15) is 0 Å². The molecular weight excluding hydrogens is 176 g/mol. The van der Waals surface area contributed by atoms with Crippen molar-refractivity contribution in [3.63, 3.8) is 0 Å². The molecule has 2 N–H and O–H groups in total. The first-order valence-electron chi connectivity index (χ1n) is 5.74. The Morgan fingerprint density at radius 3 is 2.79 bits per heavy atom. The van der Waals surface area contributed by atoms with Crippen molar-refractivity contribution in [1.82, 2.24) is 10.6 Å². The Kier molecular flexibility index (Phi) is 3.10. The molecule has 82 valence electrons. The molecule has 0 aromatic rings. The van der Waals surface area contributed by atoms with Gasteiger partial charge in [0.15, 0.2) is 0 Å². The van der Waals surface area contributed by atoms with Crippen molar-refractivity contribution in [2.75, 3.05) is 19.7 Å². The Bertz CT molecular complexity index is 178. The summed E-state index contributed by atoms with van der Waals surface area (Å²) in [4.78, 5) is 0. The second kappa shape index (κ2) is 4.17. The average molecular weight is 198 g/mol. The van der Waals surface area contributed by atoms with Crippen LogP contribution in [0.15, 0.2) is 0 Å². The maximum Gasteiger partial charge on any atom is 0.109 e. The van der Waals surface area contributed by atoms with E-state index in [0.29, 0.717) is 11.5 Å². The van der Waals surface area contributed by atoms with Gasteiger partial charge in [0.25, 0.3) is 0 Å². The molecule has 2 aliphatic heterocycles. The SMILES string of the molecule is CC1(C)CNC(CC2CCCN2)OC1. The molecule has 0 amide bonds. The van der Waals surface area contributed by atoms with Crippen LogP contribution in [0.2, 0.25) is 0 Å². The van der Waals surface area contributed by atoms with Crippen LogP contribution in [0, 0.1) is 5.41 Å². The van der Waals surface area contributed by atoms with Gasteiger partial charge in [-0.1, -0.05) is 13.8 Å². The van der Waals surface area contributed by atoms with E-state index in [1.165, 1.54) is 19.4 Å². The van der Waals surface area contributed by atoms with Crippen molar-refractivity contribution in [3.05, 3.63) is 0 Å². The minimum atomic E-state index is 0.277. The zero-order valence-corrected chi connectivity index (χ0v) is 9.31. The van der Waals surface area contributed by atoms with Gasteiger partial charge >= 0.3 is 0 Å². The first-order chi connectivity index (χ1) is 6.66. The van der Waals surface area contributed by atoms with Gasteiger partial charge in [0.1, 0.15) is 6.23 Å². The van der Waals surface area contributed by atoms with Gasteiger partial charge in [-0.15, -0.1) is 0 Å². The van der Waals surface area contributed by atoms with E-state index in [1.54, 1.807) is 0 Å². The number of ether oxygens (including phenoxy) is 1. The highest BCUT2D eigenvalue weighted by atomic mass is 16.5. The van der Waals surface area contributed by atoms with Gasteiger partial charge in [-0.25, -0.2) is 0 Å². The van der Waals surface area contributed by atoms with Crippen LogP contribution in [0.25, 0.3) is 0 Å². The van der Waals surface area contributed by atoms with E-state index in [1.807, 2.05) is 0 Å². The van der Waals surface area contributed by atoms with Crippen LogP contribution in [-0.2, 0) is 4.74 Å². The Morgan fingerprint density at radius 2 is 2.21 bits per heavy atom. The van der Waals surface area contributed by atoms with E-state index in [4.69, 9.17) is 4.74 Å². The second-order valence-electron chi connectivity index (χ2n) is 5.37. The molecule has 3 nitrogen and oxygen atoms in total. The van der Waals surface area contributed by atoms with Gasteiger partial charge in [0.05, 0.1) is 6.61 Å². The van der Waals surface area contributed by atoms with Crippen LogP contribution in [0.4, 0.5) is 0 Å². The molecule has 0 spiro atoms. The number of nitrogens with one attached hydrogen (secondary N) is 2. The minimum absolute atomic E-state index is 0.277. The lowest BCUT2D eigenvalue weighted by Gasteiger charge is -2.36. The first-order valence-corrected chi connectivity index (χ1v) is 5.74. The first kappa shape index (κ1) is 10.4. The molecule has 0 saturated carbocycles. The topological polar surface area (TPSA) is 33.3 Å². The lowest BCUT2D eigenvalue weighted by Crippen LogP contribution is -2.49. The summed E-state index contributed by atoms with van der Waals surface area (Å²) >= 11 is 0. The summed E-state index contributed by atoms with van der Waals surface area (Å²) in [5.41, 5.74) is 0.305. The Morgan fingerprint density at radius 1 is 1.36 bits per heavy atom. The van der Waals surface area contributed by atoms with E-state index in [0.717, 1.165) is 19.6 Å². The fraction of sp³-hybridized carbons (Fsp3) is 1.00. The van der Waals surface area contributed by atoms with Crippen molar-refractivity contribution in [2.45, 2.75) is 45.4 Å². The molecule has 2 unspecified atom stereocenters. The summed E-state index contributed by atoms with van der Waals surface area (Å²) < 4.78 is 5.80. The molecule has 2 saturated heterocycles. The predicted molar refractivity (Wildman–Crippen MR) is 57.2 cm³/mol. The molecule has 0 aromatic heterocycles. The summed E-state index contributed by atoms with van der Waals surface area (Å²) in [5.74, 6) is 0. The molecule has 2 fully saturated rings. The van der Waals surface area contributed by atoms with Crippen LogP contribution in [-0.4, -0.2) is 32.0 Å². The third-order valence-electron chi connectivity index (χ3n) is 3.14. The molecule has 0 aromatic carbocycles. The van der Waals surface area contributed by atoms with Crippen LogP contribution in [0.5, 0.6) is 0 Å². The van der Waals surface area contributed by atoms with Crippen LogP contribution < -0.4 is 10.6 Å². The normalized spacial score (nSPS) is 37.3. The van der Waals surface area contributed by atoms with Gasteiger partial charge in [0, 0.05) is 24.4 Å². The maximum atomic E-state index is 5.80. The molecule has 2 rings (SSSR count). The third kappa shape index (κ3) is 2.69. The van der Waals surface area contributed by atoms with Gasteiger partial charge in [0.2, 0.25) is 0 Å². The van der Waals surface area contributed by atoms with Gasteiger partial charge < -0.3 is 10.1 Å². The van der Waals surface area contributed by atoms with Crippen molar-refractivity contribution in [1.29, 1.82) is 0 Å². The molecule has 0 radical (unpaired) electrons. The molecule has 0 aliphatic carbocycles. The fourth-order valence-electron chi connectivity index (χ4n) is 2.19. The molecule has 2 heterocycles. The number of hydrogen-bond donors (Lipinski definition) is 2. The summed E-state index contributed by atoms with van der Waals surface area (Å²) in [7, 11) is 0. The highest BCUT2D eigenvalue weighted by molar-refractivity contribution is 4.82. The molecule has 0 bridgehead atoms. The highest BCUT2D eigenvalue weighted by Gasteiger charge is 2.29. The lowest BCUT2D eigenvalue weighted by molar-refractivity contribution is -0.0638. The van der Waals surface area contributed by atoms with E-state index < -0.39 is 0 Å². The predicted octanol–water partition coefficient (Wildman–Crippen LogP) is 1.10. The van der Waals surface area contributed by atoms with Crippen LogP contribution >= 0.6 is 0 Å². The molecule has 3 heteroatoms. The monoisotopic (exact) mass is 198 g/mol. The fourth-order valence-corrected chi connectivity index (χ4v) is 2.19. The van der Waals surface area contributed by atoms with Crippen LogP contribution in [0.1, 0.15) is 33.1 Å². The summed E-state index contributed by atoms with van der Waals surface area (Å²) in [6.45, 7) is 7.62. The molecule has 14 heavy (non-hydrogen) atoms. The van der Waals surface area contributed by atoms with Gasteiger partial charge in [-0.05, 0) is 19.4 Å². The standard InChI is InChI=1S/C11H22N2O/c1-11(2)7-13-10(14-8-11)6-9-4-3-5-12-9/h9-10,12-13H,3-8H2,1-2H3. The molecule has 2 atom stereocenters. The van der Waals surface area contributed by atoms with Crippen molar-refractivity contribution in [3.8, 4) is 0 Å². The smallest absolute Gasteiger partial charge is 0.109 e. The van der Waals surface area contributed by atoms with Gasteiger partial charge in [-0.3, -0.25) is 5.32 Å². The van der Waals surface area contributed by atoms with E-state index >= 15 is 0 Å². The third-order valence-corrected chi connectivity index (χ3v) is 3.14. The maximum absolute atomic E-state index is 5.80. The average Bonchev–Trinajstić information content (AvgIpc) is 2.61. The molecular formula is C11H22N2O. The Labute approximate surface area is 86.6 Å².